The highest BCUT2D eigenvalue weighted by molar-refractivity contribution is 8.00. The van der Waals surface area contributed by atoms with Gasteiger partial charge in [-0.05, 0) is 25.0 Å². The molecule has 0 saturated carbocycles. The lowest BCUT2D eigenvalue weighted by Crippen LogP contribution is -2.33. The van der Waals surface area contributed by atoms with Gasteiger partial charge in [0.2, 0.25) is 5.91 Å². The number of hydrogen-bond acceptors (Lipinski definition) is 5. The summed E-state index contributed by atoms with van der Waals surface area (Å²) in [5.41, 5.74) is 0.775. The Morgan fingerprint density at radius 3 is 3.04 bits per heavy atom. The monoisotopic (exact) mass is 392 g/mol. The fraction of sp³-hybridized carbons (Fsp3) is 0.500. The molecule has 1 atom stereocenters. The van der Waals surface area contributed by atoms with E-state index in [0.717, 1.165) is 29.8 Å². The number of para-hydroxylation sites is 1. The number of benzene rings is 1. The van der Waals surface area contributed by atoms with Crippen LogP contribution >= 0.6 is 23.5 Å². The number of aromatic nitrogens is 3. The number of carbonyl (C=O) groups is 1. The molecule has 2 heterocycles. The molecule has 0 spiro atoms. The number of nitrogens with one attached hydrogen (secondary N) is 1. The zero-order valence-electron chi connectivity index (χ0n) is 15.1. The van der Waals surface area contributed by atoms with Gasteiger partial charge in [-0.15, -0.1) is 16.9 Å². The second-order valence-corrected chi connectivity index (χ2v) is 8.76. The molecular formula is C18H24N4O2S2. The Morgan fingerprint density at radius 2 is 2.23 bits per heavy atom. The molecule has 1 aliphatic rings. The molecule has 0 aliphatic carbocycles. The van der Waals surface area contributed by atoms with Crippen molar-refractivity contribution in [2.75, 3.05) is 17.2 Å². The number of nitrogens with zero attached hydrogens (tertiary/aromatic N) is 3. The number of hydrogen-bond donors (Lipinski definition) is 1. The third-order valence-electron chi connectivity index (χ3n) is 4.33. The summed E-state index contributed by atoms with van der Waals surface area (Å²) >= 11 is 3.14. The maximum Gasteiger partial charge on any atom is 0.343 e. The number of aromatic amines is 1. The molecular weight excluding hydrogens is 368 g/mol. The Kier molecular flexibility index (Phi) is 6.48. The lowest BCUT2D eigenvalue weighted by Gasteiger charge is -2.22. The van der Waals surface area contributed by atoms with Crippen molar-refractivity contribution in [2.24, 2.45) is 0 Å². The van der Waals surface area contributed by atoms with Crippen LogP contribution in [-0.2, 0) is 11.3 Å². The maximum absolute atomic E-state index is 12.9. The van der Waals surface area contributed by atoms with Gasteiger partial charge in [-0.25, -0.2) is 9.89 Å². The van der Waals surface area contributed by atoms with E-state index >= 15 is 0 Å². The molecule has 1 unspecified atom stereocenters. The first-order valence-electron chi connectivity index (χ1n) is 8.94. The van der Waals surface area contributed by atoms with Crippen molar-refractivity contribution < 1.29 is 4.79 Å². The smallest absolute Gasteiger partial charge is 0.311 e. The Labute approximate surface area is 161 Å². The van der Waals surface area contributed by atoms with E-state index in [-0.39, 0.29) is 17.3 Å². The van der Waals surface area contributed by atoms with E-state index in [9.17, 15) is 9.59 Å². The van der Waals surface area contributed by atoms with Crippen LogP contribution in [0.5, 0.6) is 0 Å². The fourth-order valence-electron chi connectivity index (χ4n) is 2.88. The first-order valence-corrected chi connectivity index (χ1v) is 10.8. The van der Waals surface area contributed by atoms with Crippen LogP contribution in [0.3, 0.4) is 0 Å². The summed E-state index contributed by atoms with van der Waals surface area (Å²) in [4.78, 5) is 27.8. The molecule has 1 aliphatic heterocycles. The van der Waals surface area contributed by atoms with Crippen molar-refractivity contribution in [3.63, 3.8) is 0 Å². The number of fused-ring (bicyclic) bond motifs is 1. The largest absolute Gasteiger partial charge is 0.343 e. The highest BCUT2D eigenvalue weighted by atomic mass is 32.2. The number of amides is 1. The molecule has 3 rings (SSSR count). The van der Waals surface area contributed by atoms with E-state index in [1.165, 1.54) is 11.8 Å². The van der Waals surface area contributed by atoms with Crippen LogP contribution in [0.4, 0.5) is 5.69 Å². The van der Waals surface area contributed by atoms with E-state index in [4.69, 9.17) is 0 Å². The van der Waals surface area contributed by atoms with E-state index in [0.29, 0.717) is 23.5 Å². The van der Waals surface area contributed by atoms with Crippen LogP contribution in [-0.4, -0.2) is 38.2 Å². The van der Waals surface area contributed by atoms with Crippen molar-refractivity contribution >= 4 is 35.1 Å². The number of rotatable bonds is 6. The molecule has 1 aromatic heterocycles. The molecule has 2 aromatic rings. The van der Waals surface area contributed by atoms with Gasteiger partial charge >= 0.3 is 5.69 Å². The summed E-state index contributed by atoms with van der Waals surface area (Å²) in [6.07, 6.45) is 2.87. The molecule has 26 heavy (non-hydrogen) atoms. The Hall–Kier alpha value is -1.67. The molecule has 0 fully saturated rings. The average Bonchev–Trinajstić information content (AvgIpc) is 2.88. The van der Waals surface area contributed by atoms with Crippen molar-refractivity contribution in [1.29, 1.82) is 0 Å². The van der Waals surface area contributed by atoms with Crippen LogP contribution in [0, 0.1) is 0 Å². The number of H-pyrrole nitrogens is 1. The number of anilines is 1. The Balaban J connectivity index is 1.72. The van der Waals surface area contributed by atoms with Crippen LogP contribution in [0.15, 0.2) is 39.1 Å². The topological polar surface area (TPSA) is 71.0 Å². The molecule has 8 heteroatoms. The van der Waals surface area contributed by atoms with Crippen LogP contribution in [0.25, 0.3) is 0 Å². The van der Waals surface area contributed by atoms with Gasteiger partial charge in [0, 0.05) is 23.2 Å². The SMILES string of the molecule is CCCCn1c(SCC(=O)N2CCC(C)Sc3ccccc32)n[nH]c1=O. The van der Waals surface area contributed by atoms with Gasteiger partial charge in [0.15, 0.2) is 5.16 Å². The normalized spacial score (nSPS) is 17.0. The van der Waals surface area contributed by atoms with Crippen LogP contribution < -0.4 is 10.6 Å². The van der Waals surface area contributed by atoms with Gasteiger partial charge in [0.05, 0.1) is 11.4 Å². The molecule has 0 saturated heterocycles. The second kappa shape index (κ2) is 8.81. The van der Waals surface area contributed by atoms with E-state index in [1.54, 1.807) is 4.57 Å². The quantitative estimate of drug-likeness (QED) is 0.763. The summed E-state index contributed by atoms with van der Waals surface area (Å²) in [6, 6.07) is 8.07. The van der Waals surface area contributed by atoms with Crippen molar-refractivity contribution in [2.45, 2.75) is 55.0 Å². The van der Waals surface area contributed by atoms with E-state index < -0.39 is 0 Å². The zero-order valence-corrected chi connectivity index (χ0v) is 16.7. The maximum atomic E-state index is 12.9. The average molecular weight is 393 g/mol. The minimum Gasteiger partial charge on any atom is -0.311 e. The third-order valence-corrected chi connectivity index (χ3v) is 6.53. The highest BCUT2D eigenvalue weighted by Gasteiger charge is 2.24. The molecule has 0 radical (unpaired) electrons. The molecule has 1 amide bonds. The summed E-state index contributed by atoms with van der Waals surface area (Å²) < 4.78 is 1.62. The first-order chi connectivity index (χ1) is 12.6. The molecule has 0 bridgehead atoms. The first kappa shape index (κ1) is 19.1. The van der Waals surface area contributed by atoms with Crippen molar-refractivity contribution in [3.05, 3.63) is 34.7 Å². The van der Waals surface area contributed by atoms with Gasteiger partial charge in [-0.3, -0.25) is 9.36 Å². The molecule has 1 N–H and O–H groups in total. The van der Waals surface area contributed by atoms with Gasteiger partial charge in [0.1, 0.15) is 0 Å². The second-order valence-electron chi connectivity index (χ2n) is 6.34. The summed E-state index contributed by atoms with van der Waals surface area (Å²) in [5, 5.41) is 7.63. The summed E-state index contributed by atoms with van der Waals surface area (Å²) in [5.74, 6) is 0.318. The van der Waals surface area contributed by atoms with Crippen LogP contribution in [0.2, 0.25) is 0 Å². The predicted octanol–water partition coefficient (Wildman–Crippen LogP) is 3.38. The number of thioether (sulfide) groups is 2. The van der Waals surface area contributed by atoms with Gasteiger partial charge < -0.3 is 4.90 Å². The fourth-order valence-corrected chi connectivity index (χ4v) is 4.84. The predicted molar refractivity (Wildman–Crippen MR) is 107 cm³/mol. The van der Waals surface area contributed by atoms with E-state index in [1.807, 2.05) is 34.9 Å². The van der Waals surface area contributed by atoms with Gasteiger partial charge in [0.25, 0.3) is 0 Å². The van der Waals surface area contributed by atoms with Gasteiger partial charge in [-0.1, -0.05) is 44.2 Å². The minimum absolute atomic E-state index is 0.0506. The zero-order chi connectivity index (χ0) is 18.5. The molecule has 140 valence electrons. The standard InChI is InChI=1S/C18H24N4O2S2/c1-3-4-10-22-17(24)19-20-18(22)25-12-16(23)21-11-9-13(2)26-15-8-6-5-7-14(15)21/h5-8,13H,3-4,9-12H2,1-2H3,(H,19,24). The summed E-state index contributed by atoms with van der Waals surface area (Å²) in [7, 11) is 0. The lowest BCUT2D eigenvalue weighted by molar-refractivity contribution is -0.116. The molecule has 1 aromatic carbocycles. The van der Waals surface area contributed by atoms with Gasteiger partial charge in [-0.2, -0.15) is 0 Å². The minimum atomic E-state index is -0.209. The highest BCUT2D eigenvalue weighted by Crippen LogP contribution is 2.37. The van der Waals surface area contributed by atoms with E-state index in [2.05, 4.69) is 30.1 Å². The Bertz CT molecular complexity index is 818. The number of carbonyl (C=O) groups excluding carboxylic acids is 1. The lowest BCUT2D eigenvalue weighted by atomic mass is 10.2. The number of unbranched alkanes of at least 4 members (excludes halogenated alkanes) is 1. The molecule has 6 nitrogen and oxygen atoms in total. The third kappa shape index (κ3) is 4.35. The Morgan fingerprint density at radius 1 is 1.42 bits per heavy atom. The summed E-state index contributed by atoms with van der Waals surface area (Å²) in [6.45, 7) is 5.62. The van der Waals surface area contributed by atoms with Crippen molar-refractivity contribution in [3.8, 4) is 0 Å². The van der Waals surface area contributed by atoms with Crippen molar-refractivity contribution in [1.82, 2.24) is 14.8 Å². The van der Waals surface area contributed by atoms with Crippen LogP contribution in [0.1, 0.15) is 33.1 Å².